The van der Waals surface area contributed by atoms with E-state index in [9.17, 15) is 14.9 Å². The lowest BCUT2D eigenvalue weighted by Crippen LogP contribution is -2.26. The van der Waals surface area contributed by atoms with Crippen molar-refractivity contribution in [1.29, 1.82) is 0 Å². The minimum atomic E-state index is -0.514. The Hall–Kier alpha value is -3.52. The minimum Gasteiger partial charge on any atom is -0.457 e. The van der Waals surface area contributed by atoms with Crippen molar-refractivity contribution >= 4 is 64.0 Å². The Balaban J connectivity index is 1.44. The second-order valence-electron chi connectivity index (χ2n) is 7.31. The molecule has 6 nitrogen and oxygen atoms in total. The highest BCUT2D eigenvalue weighted by Gasteiger charge is 2.27. The maximum Gasteiger partial charge on any atom is 0.270 e. The number of nitro groups is 1. The molecule has 0 saturated heterocycles. The van der Waals surface area contributed by atoms with Crippen LogP contribution in [0.5, 0.6) is 0 Å². The largest absolute Gasteiger partial charge is 0.457 e. The number of amides is 1. The lowest BCUT2D eigenvalue weighted by molar-refractivity contribution is -0.384. The van der Waals surface area contributed by atoms with E-state index < -0.39 is 4.92 Å². The molecule has 1 aromatic heterocycles. The van der Waals surface area contributed by atoms with Crippen LogP contribution in [0.15, 0.2) is 93.1 Å². The summed E-state index contributed by atoms with van der Waals surface area (Å²) in [6.07, 6.45) is 3.00. The Labute approximate surface area is 208 Å². The van der Waals surface area contributed by atoms with Gasteiger partial charge in [-0.25, -0.2) is 0 Å². The van der Waals surface area contributed by atoms with Crippen molar-refractivity contribution < 1.29 is 14.1 Å². The number of fused-ring (bicyclic) bond motifs is 2. The molecule has 168 valence electrons. The highest BCUT2D eigenvalue weighted by atomic mass is 35.5. The number of carbonyl (C=O) groups is 1. The predicted molar refractivity (Wildman–Crippen MR) is 134 cm³/mol. The number of anilines is 2. The molecule has 0 fully saturated rings. The van der Waals surface area contributed by atoms with Crippen LogP contribution >= 0.6 is 35.0 Å². The van der Waals surface area contributed by atoms with Gasteiger partial charge in [-0.05, 0) is 54.6 Å². The minimum absolute atomic E-state index is 0.105. The quantitative estimate of drug-likeness (QED) is 0.158. The van der Waals surface area contributed by atoms with Crippen molar-refractivity contribution in [3.63, 3.8) is 0 Å². The first-order valence-corrected chi connectivity index (χ1v) is 11.6. The lowest BCUT2D eigenvalue weighted by Gasteiger charge is -2.30. The van der Waals surface area contributed by atoms with E-state index in [1.54, 1.807) is 47.0 Å². The normalized spacial score (nSPS) is 12.5. The van der Waals surface area contributed by atoms with E-state index in [1.165, 1.54) is 24.3 Å². The Bertz CT molecular complexity index is 1480. The average Bonchev–Trinajstić information content (AvgIpc) is 3.29. The molecule has 1 aliphatic rings. The zero-order chi connectivity index (χ0) is 23.8. The van der Waals surface area contributed by atoms with Gasteiger partial charge in [0.2, 0.25) is 0 Å². The molecule has 5 rings (SSSR count). The second kappa shape index (κ2) is 9.02. The first kappa shape index (κ1) is 22.3. The number of carbonyl (C=O) groups excluding carboxylic acids is 1. The third-order valence-corrected chi connectivity index (χ3v) is 6.83. The zero-order valence-electron chi connectivity index (χ0n) is 17.3. The molecule has 0 aliphatic carbocycles. The average molecular weight is 509 g/mol. The molecule has 34 heavy (non-hydrogen) atoms. The summed E-state index contributed by atoms with van der Waals surface area (Å²) >= 11 is 14.0. The number of non-ortho nitro benzene ring substituents is 1. The van der Waals surface area contributed by atoms with E-state index in [0.717, 1.165) is 15.5 Å². The highest BCUT2D eigenvalue weighted by molar-refractivity contribution is 7.99. The molecule has 1 aliphatic heterocycles. The van der Waals surface area contributed by atoms with Gasteiger partial charge in [0.25, 0.3) is 11.6 Å². The smallest absolute Gasteiger partial charge is 0.270 e. The summed E-state index contributed by atoms with van der Waals surface area (Å²) in [4.78, 5) is 27.2. The third-order valence-electron chi connectivity index (χ3n) is 5.15. The number of nitrogens with zero attached hydrogens (tertiary/aromatic N) is 2. The van der Waals surface area contributed by atoms with E-state index in [0.29, 0.717) is 27.8 Å². The molecular formula is C25H14Cl2N2O4S. The van der Waals surface area contributed by atoms with Crippen molar-refractivity contribution in [2.24, 2.45) is 0 Å². The number of rotatable bonds is 4. The molecule has 2 heterocycles. The molecule has 0 bridgehead atoms. The van der Waals surface area contributed by atoms with E-state index >= 15 is 0 Å². The van der Waals surface area contributed by atoms with E-state index in [2.05, 4.69) is 0 Å². The van der Waals surface area contributed by atoms with Crippen molar-refractivity contribution in [2.45, 2.75) is 9.79 Å². The van der Waals surface area contributed by atoms with Crippen LogP contribution in [0.25, 0.3) is 17.4 Å². The van der Waals surface area contributed by atoms with Gasteiger partial charge >= 0.3 is 0 Å². The Morgan fingerprint density at radius 3 is 2.56 bits per heavy atom. The maximum absolute atomic E-state index is 13.3. The fourth-order valence-corrected chi connectivity index (χ4v) is 5.07. The standard InChI is InChI=1S/C25H14Cl2N2O4S/c26-15-5-11-24-21(13-15)28(20-3-1-2-4-23(20)34-24)25(30)12-8-17-7-10-22(33-17)18-9-6-16(29(31)32)14-19(18)27/h1-14H/b12-8+. The zero-order valence-corrected chi connectivity index (χ0v) is 19.6. The van der Waals surface area contributed by atoms with Gasteiger partial charge < -0.3 is 4.42 Å². The Morgan fingerprint density at radius 1 is 0.971 bits per heavy atom. The van der Waals surface area contributed by atoms with E-state index in [4.69, 9.17) is 27.6 Å². The SMILES string of the molecule is O=C(/C=C/c1ccc(-c2ccc([N+](=O)[O-])cc2Cl)o1)N1c2ccccc2Sc2ccc(Cl)cc21. The van der Waals surface area contributed by atoms with Gasteiger partial charge in [-0.3, -0.25) is 19.8 Å². The van der Waals surface area contributed by atoms with Crippen molar-refractivity contribution in [1.82, 2.24) is 0 Å². The number of para-hydroxylation sites is 1. The first-order valence-electron chi connectivity index (χ1n) is 10.0. The van der Waals surface area contributed by atoms with Crippen LogP contribution in [0.4, 0.5) is 17.1 Å². The summed E-state index contributed by atoms with van der Waals surface area (Å²) in [5.41, 5.74) is 1.90. The molecule has 0 saturated carbocycles. The molecule has 0 spiro atoms. The summed E-state index contributed by atoms with van der Waals surface area (Å²) < 4.78 is 5.81. The summed E-state index contributed by atoms with van der Waals surface area (Å²) in [5, 5.41) is 11.7. The summed E-state index contributed by atoms with van der Waals surface area (Å²) in [6.45, 7) is 0. The third kappa shape index (κ3) is 4.21. The fraction of sp³-hybridized carbons (Fsp3) is 0. The van der Waals surface area contributed by atoms with Crippen molar-refractivity contribution in [3.05, 3.63) is 105 Å². The van der Waals surface area contributed by atoms with Gasteiger partial charge in [0.05, 0.1) is 21.3 Å². The number of halogens is 2. The van der Waals surface area contributed by atoms with Crippen LogP contribution < -0.4 is 4.90 Å². The molecule has 1 amide bonds. The summed E-state index contributed by atoms with van der Waals surface area (Å²) in [5.74, 6) is 0.607. The Kier molecular flexibility index (Phi) is 5.91. The van der Waals surface area contributed by atoms with Crippen LogP contribution in [0.1, 0.15) is 5.76 Å². The molecule has 3 aromatic carbocycles. The number of furan rings is 1. The van der Waals surface area contributed by atoms with E-state index in [1.807, 2.05) is 30.3 Å². The molecular weight excluding hydrogens is 495 g/mol. The van der Waals surface area contributed by atoms with Gasteiger partial charge in [-0.1, -0.05) is 47.1 Å². The van der Waals surface area contributed by atoms with Crippen LogP contribution in [0.3, 0.4) is 0 Å². The number of benzene rings is 3. The predicted octanol–water partition coefficient (Wildman–Crippen LogP) is 8.00. The fourth-order valence-electron chi connectivity index (χ4n) is 3.60. The lowest BCUT2D eigenvalue weighted by atomic mass is 10.1. The molecule has 0 radical (unpaired) electrons. The molecule has 0 N–H and O–H groups in total. The van der Waals surface area contributed by atoms with Crippen molar-refractivity contribution in [2.75, 3.05) is 4.90 Å². The maximum atomic E-state index is 13.3. The number of nitro benzene ring substituents is 1. The van der Waals surface area contributed by atoms with Crippen LogP contribution in [-0.2, 0) is 4.79 Å². The first-order chi connectivity index (χ1) is 16.4. The summed E-state index contributed by atoms with van der Waals surface area (Å²) in [7, 11) is 0. The number of hydrogen-bond acceptors (Lipinski definition) is 5. The van der Waals surface area contributed by atoms with E-state index in [-0.39, 0.29) is 16.6 Å². The van der Waals surface area contributed by atoms with Crippen molar-refractivity contribution in [3.8, 4) is 11.3 Å². The van der Waals surface area contributed by atoms with Crippen LogP contribution in [-0.4, -0.2) is 10.8 Å². The highest BCUT2D eigenvalue weighted by Crippen LogP contribution is 2.48. The van der Waals surface area contributed by atoms with Gasteiger partial charge in [0.1, 0.15) is 11.5 Å². The van der Waals surface area contributed by atoms with Gasteiger partial charge in [-0.2, -0.15) is 0 Å². The van der Waals surface area contributed by atoms with Gasteiger partial charge in [-0.15, -0.1) is 0 Å². The van der Waals surface area contributed by atoms with Crippen LogP contribution in [0.2, 0.25) is 10.0 Å². The number of hydrogen-bond donors (Lipinski definition) is 0. The van der Waals surface area contributed by atoms with Gasteiger partial charge in [0, 0.05) is 38.6 Å². The second-order valence-corrected chi connectivity index (χ2v) is 9.24. The Morgan fingerprint density at radius 2 is 1.76 bits per heavy atom. The molecule has 0 atom stereocenters. The summed E-state index contributed by atoms with van der Waals surface area (Å²) in [6, 6.07) is 20.7. The van der Waals surface area contributed by atoms with Gasteiger partial charge in [0.15, 0.2) is 0 Å². The molecule has 9 heteroatoms. The molecule has 0 unspecified atom stereocenters. The topological polar surface area (TPSA) is 76.6 Å². The molecule has 4 aromatic rings. The van der Waals surface area contributed by atoms with Crippen LogP contribution in [0, 0.1) is 10.1 Å². The monoisotopic (exact) mass is 508 g/mol.